The molecule has 0 saturated carbocycles. The van der Waals surface area contributed by atoms with Crippen LogP contribution in [0, 0.1) is 17.3 Å². The molecule has 0 aliphatic carbocycles. The minimum absolute atomic E-state index is 0.00237. The van der Waals surface area contributed by atoms with Crippen LogP contribution < -0.4 is 0 Å². The van der Waals surface area contributed by atoms with Gasteiger partial charge in [0.15, 0.2) is 0 Å². The molecule has 4 rings (SSSR count). The number of carbonyl (C=O) groups excluding carboxylic acids is 3. The molecule has 4 aliphatic rings. The van der Waals surface area contributed by atoms with Crippen molar-refractivity contribution in [2.24, 2.45) is 17.3 Å². The average molecular weight is 558 g/mol. The summed E-state index contributed by atoms with van der Waals surface area (Å²) in [7, 11) is 0. The number of nitrogens with zero attached hydrogens (tertiary/aromatic N) is 3. The largest absolute Gasteiger partial charge is 0.396 e. The number of hydrogen-bond donors (Lipinski definition) is 1. The van der Waals surface area contributed by atoms with E-state index in [4.69, 9.17) is 4.74 Å². The molecule has 5 atom stereocenters. The van der Waals surface area contributed by atoms with Crippen LogP contribution in [0.15, 0.2) is 24.3 Å². The molecule has 1 N–H and O–H groups in total. The van der Waals surface area contributed by atoms with Crippen molar-refractivity contribution in [3.05, 3.63) is 24.3 Å². The highest BCUT2D eigenvalue weighted by molar-refractivity contribution is 6.00. The molecule has 40 heavy (non-hydrogen) atoms. The summed E-state index contributed by atoms with van der Waals surface area (Å²) in [5.74, 6) is -1.79. The van der Waals surface area contributed by atoms with E-state index in [1.165, 1.54) is 0 Å². The predicted molar refractivity (Wildman–Crippen MR) is 155 cm³/mol. The molecular formula is C32H51N3O5. The summed E-state index contributed by atoms with van der Waals surface area (Å²) in [4.78, 5) is 48.7. The Kier molecular flexibility index (Phi) is 8.64. The van der Waals surface area contributed by atoms with Gasteiger partial charge in [-0.25, -0.2) is 0 Å². The lowest BCUT2D eigenvalue weighted by Crippen LogP contribution is -2.60. The van der Waals surface area contributed by atoms with E-state index >= 15 is 0 Å². The quantitative estimate of drug-likeness (QED) is 0.325. The maximum atomic E-state index is 14.7. The van der Waals surface area contributed by atoms with Gasteiger partial charge in [0, 0.05) is 38.3 Å². The van der Waals surface area contributed by atoms with Crippen molar-refractivity contribution < 1.29 is 24.2 Å². The van der Waals surface area contributed by atoms with Crippen molar-refractivity contribution in [2.75, 3.05) is 32.8 Å². The van der Waals surface area contributed by atoms with E-state index in [2.05, 4.69) is 34.6 Å². The topological polar surface area (TPSA) is 90.4 Å². The first-order chi connectivity index (χ1) is 18.7. The smallest absolute Gasteiger partial charge is 0.249 e. The lowest BCUT2D eigenvalue weighted by molar-refractivity contribution is -0.156. The minimum atomic E-state index is -1.21. The number of likely N-dealkylation sites (tertiary alicyclic amines) is 1. The van der Waals surface area contributed by atoms with E-state index in [-0.39, 0.29) is 29.7 Å². The lowest BCUT2D eigenvalue weighted by atomic mass is 9.74. The molecule has 0 aromatic rings. The van der Waals surface area contributed by atoms with Crippen LogP contribution in [0.1, 0.15) is 87.0 Å². The van der Waals surface area contributed by atoms with Gasteiger partial charge in [0.05, 0.1) is 17.4 Å². The fourth-order valence-corrected chi connectivity index (χ4v) is 7.97. The summed E-state index contributed by atoms with van der Waals surface area (Å²) in [6, 6.07) is -0.828. The van der Waals surface area contributed by atoms with Gasteiger partial charge >= 0.3 is 0 Å². The second-order valence-corrected chi connectivity index (χ2v) is 14.3. The highest BCUT2D eigenvalue weighted by atomic mass is 16.5. The third-order valence-electron chi connectivity index (χ3n) is 9.13. The predicted octanol–water partition coefficient (Wildman–Crippen LogP) is 3.93. The Hall–Kier alpha value is -2.19. The first kappa shape index (κ1) is 30.8. The zero-order valence-corrected chi connectivity index (χ0v) is 25.7. The van der Waals surface area contributed by atoms with Gasteiger partial charge in [-0.15, -0.1) is 0 Å². The molecule has 1 unspecified atom stereocenters. The minimum Gasteiger partial charge on any atom is -0.396 e. The van der Waals surface area contributed by atoms with Crippen LogP contribution in [-0.4, -0.2) is 93.1 Å². The van der Waals surface area contributed by atoms with Crippen molar-refractivity contribution in [3.63, 3.8) is 0 Å². The first-order valence-electron chi connectivity index (χ1n) is 15.3. The van der Waals surface area contributed by atoms with Gasteiger partial charge in [-0.1, -0.05) is 64.8 Å². The summed E-state index contributed by atoms with van der Waals surface area (Å²) in [6.45, 7) is 16.8. The van der Waals surface area contributed by atoms with E-state index in [0.717, 1.165) is 38.5 Å². The molecule has 0 aromatic heterocycles. The monoisotopic (exact) mass is 557 g/mol. The summed E-state index contributed by atoms with van der Waals surface area (Å²) in [6.07, 6.45) is 12.6. The van der Waals surface area contributed by atoms with Gasteiger partial charge in [0.2, 0.25) is 17.7 Å². The fraction of sp³-hybridized carbons (Fsp3) is 0.781. The van der Waals surface area contributed by atoms with Crippen molar-refractivity contribution in [2.45, 2.75) is 110 Å². The summed E-state index contributed by atoms with van der Waals surface area (Å²) >= 11 is 0. The number of carbonyl (C=O) groups is 3. The van der Waals surface area contributed by atoms with Gasteiger partial charge in [-0.3, -0.25) is 14.4 Å². The van der Waals surface area contributed by atoms with Gasteiger partial charge in [0.1, 0.15) is 11.6 Å². The fourth-order valence-electron chi connectivity index (χ4n) is 7.97. The standard InChI is InChI=1S/C32H51N3O5/c1-8-17-33-18-13-15-31(7)23(26(33)37)24-27(38)34(19-11-9-10-12-21-36)25-28(39)35(20-14-16-32(24,25)40-31)30(5,6)22-29(2,3)4/h13-16,23-25,36H,8-12,17-22H2,1-7H3/t23-,24+,25?,31+,32+/m1/s1. The first-order valence-corrected chi connectivity index (χ1v) is 15.3. The Bertz CT molecular complexity index is 1050. The van der Waals surface area contributed by atoms with E-state index in [1.54, 1.807) is 4.90 Å². The number of fused-ring (bicyclic) bond motifs is 2. The van der Waals surface area contributed by atoms with Crippen molar-refractivity contribution in [1.29, 1.82) is 0 Å². The zero-order valence-electron chi connectivity index (χ0n) is 25.7. The van der Waals surface area contributed by atoms with Gasteiger partial charge in [0.25, 0.3) is 0 Å². The van der Waals surface area contributed by atoms with Crippen LogP contribution in [0.3, 0.4) is 0 Å². The molecule has 1 spiro atoms. The molecular weight excluding hydrogens is 506 g/mol. The molecule has 0 aromatic carbocycles. The number of aliphatic hydroxyl groups excluding tert-OH is 1. The summed E-state index contributed by atoms with van der Waals surface area (Å²) in [5.41, 5.74) is -2.63. The molecule has 224 valence electrons. The van der Waals surface area contributed by atoms with E-state index in [1.807, 2.05) is 48.0 Å². The summed E-state index contributed by atoms with van der Waals surface area (Å²) < 4.78 is 6.94. The maximum absolute atomic E-state index is 14.7. The SMILES string of the molecule is CCCN1CC=C[C@]2(C)O[C@]34C=CCN(C(C)(C)CC(C)(C)C)C(=O)C3N(CCCCCCO)C(=O)[C@@H]4[C@@H]2C1=O. The third-order valence-corrected chi connectivity index (χ3v) is 9.13. The van der Waals surface area contributed by atoms with Crippen LogP contribution in [0.4, 0.5) is 0 Å². The second-order valence-electron chi connectivity index (χ2n) is 14.3. The molecule has 4 aliphatic heterocycles. The van der Waals surface area contributed by atoms with Crippen LogP contribution in [0.25, 0.3) is 0 Å². The summed E-state index contributed by atoms with van der Waals surface area (Å²) in [5, 5.41) is 9.19. The molecule has 0 bridgehead atoms. The molecule has 3 amide bonds. The number of ether oxygens (including phenoxy) is 1. The van der Waals surface area contributed by atoms with E-state index in [0.29, 0.717) is 26.2 Å². The average Bonchev–Trinajstić information content (AvgIpc) is 3.10. The Morgan fingerprint density at radius 2 is 1.57 bits per heavy atom. The van der Waals surface area contributed by atoms with Crippen LogP contribution in [-0.2, 0) is 19.1 Å². The van der Waals surface area contributed by atoms with Gasteiger partial charge < -0.3 is 24.5 Å². The van der Waals surface area contributed by atoms with Crippen LogP contribution in [0.5, 0.6) is 0 Å². The molecule has 2 fully saturated rings. The molecule has 8 heteroatoms. The molecule has 2 saturated heterocycles. The Morgan fingerprint density at radius 3 is 2.23 bits per heavy atom. The molecule has 8 nitrogen and oxygen atoms in total. The van der Waals surface area contributed by atoms with E-state index < -0.39 is 34.6 Å². The number of hydrogen-bond acceptors (Lipinski definition) is 5. The molecule has 0 radical (unpaired) electrons. The second kappa shape index (κ2) is 11.2. The van der Waals surface area contributed by atoms with E-state index in [9.17, 15) is 19.5 Å². The number of aliphatic hydroxyl groups is 1. The normalized spacial score (nSPS) is 32.4. The molecule has 4 heterocycles. The van der Waals surface area contributed by atoms with Crippen molar-refractivity contribution in [3.8, 4) is 0 Å². The Labute approximate surface area is 240 Å². The highest BCUT2D eigenvalue weighted by Gasteiger charge is 2.74. The number of rotatable bonds is 10. The Morgan fingerprint density at radius 1 is 0.900 bits per heavy atom. The van der Waals surface area contributed by atoms with Gasteiger partial charge in [-0.2, -0.15) is 0 Å². The maximum Gasteiger partial charge on any atom is 0.249 e. The number of unbranched alkanes of at least 4 members (excludes halogenated alkanes) is 3. The zero-order chi connectivity index (χ0) is 29.5. The van der Waals surface area contributed by atoms with Crippen molar-refractivity contribution >= 4 is 17.7 Å². The lowest BCUT2D eigenvalue weighted by Gasteiger charge is -2.44. The van der Waals surface area contributed by atoms with Gasteiger partial charge in [-0.05, 0) is 51.9 Å². The number of amides is 3. The third kappa shape index (κ3) is 5.38. The van der Waals surface area contributed by atoms with Crippen LogP contribution in [0.2, 0.25) is 0 Å². The van der Waals surface area contributed by atoms with Crippen LogP contribution >= 0.6 is 0 Å². The Balaban J connectivity index is 1.78. The van der Waals surface area contributed by atoms with Crippen molar-refractivity contribution in [1.82, 2.24) is 14.7 Å². The highest BCUT2D eigenvalue weighted by Crippen LogP contribution is 2.57.